The van der Waals surface area contributed by atoms with Gasteiger partial charge in [-0.25, -0.2) is 4.98 Å². The van der Waals surface area contributed by atoms with Crippen molar-refractivity contribution in [1.29, 1.82) is 0 Å². The Labute approximate surface area is 198 Å². The molecule has 2 aromatic rings. The Morgan fingerprint density at radius 3 is 2.47 bits per heavy atom. The highest BCUT2D eigenvalue weighted by Crippen LogP contribution is 2.23. The number of halogens is 1. The Balaban J connectivity index is 0.00000320. The van der Waals surface area contributed by atoms with E-state index in [-0.39, 0.29) is 24.0 Å². The second kappa shape index (κ2) is 12.1. The zero-order valence-corrected chi connectivity index (χ0v) is 20.8. The zero-order valence-electron chi connectivity index (χ0n) is 18.5. The molecule has 0 spiro atoms. The number of hydrogen-bond donors (Lipinski definition) is 2. The summed E-state index contributed by atoms with van der Waals surface area (Å²) in [6.45, 7) is 5.15. The highest BCUT2D eigenvalue weighted by Gasteiger charge is 2.24. The topological polar surface area (TPSA) is 55.8 Å². The van der Waals surface area contributed by atoms with Crippen LogP contribution in [0.3, 0.4) is 0 Å². The van der Waals surface area contributed by atoms with Gasteiger partial charge in [-0.15, -0.1) is 24.0 Å². The summed E-state index contributed by atoms with van der Waals surface area (Å²) in [5, 5.41) is 6.99. The molecule has 0 bridgehead atoms. The van der Waals surface area contributed by atoms with Crippen molar-refractivity contribution in [1.82, 2.24) is 20.5 Å². The summed E-state index contributed by atoms with van der Waals surface area (Å²) in [5.74, 6) is 1.81. The van der Waals surface area contributed by atoms with Crippen LogP contribution in [0.5, 0.6) is 0 Å². The largest absolute Gasteiger partial charge is 0.363 e. The Bertz CT molecular complexity index is 787. The van der Waals surface area contributed by atoms with Crippen LogP contribution in [0.4, 0.5) is 5.82 Å². The molecule has 1 aliphatic rings. The number of aliphatic imine (C=N–C) groups is 1. The lowest BCUT2D eigenvalue weighted by Gasteiger charge is -2.37. The monoisotopic (exact) mass is 522 g/mol. The second-order valence-electron chi connectivity index (χ2n) is 7.85. The normalized spacial score (nSPS) is 16.5. The van der Waals surface area contributed by atoms with E-state index in [9.17, 15) is 0 Å². The summed E-state index contributed by atoms with van der Waals surface area (Å²) in [6, 6.07) is 17.8. The van der Waals surface area contributed by atoms with E-state index in [0.717, 1.165) is 43.4 Å². The number of nitrogens with one attached hydrogen (secondary N) is 2. The quantitative estimate of drug-likeness (QED) is 0.345. The summed E-state index contributed by atoms with van der Waals surface area (Å²) in [5.41, 5.74) is 2.40. The van der Waals surface area contributed by atoms with Crippen LogP contribution in [-0.4, -0.2) is 56.1 Å². The number of anilines is 1. The third kappa shape index (κ3) is 6.84. The van der Waals surface area contributed by atoms with Gasteiger partial charge in [-0.1, -0.05) is 36.4 Å². The molecule has 1 atom stereocenters. The molecule has 30 heavy (non-hydrogen) atoms. The van der Waals surface area contributed by atoms with Gasteiger partial charge in [0.1, 0.15) is 5.82 Å². The molecular weight excluding hydrogens is 487 g/mol. The Morgan fingerprint density at radius 1 is 1.13 bits per heavy atom. The average molecular weight is 522 g/mol. The minimum Gasteiger partial charge on any atom is -0.363 e. The number of rotatable bonds is 6. The van der Waals surface area contributed by atoms with Gasteiger partial charge in [-0.3, -0.25) is 9.89 Å². The number of nitrogens with zero attached hydrogens (tertiary/aromatic N) is 4. The molecular formula is C23H35IN6. The van der Waals surface area contributed by atoms with Gasteiger partial charge in [0.2, 0.25) is 0 Å². The van der Waals surface area contributed by atoms with Gasteiger partial charge in [0, 0.05) is 46.3 Å². The molecule has 0 aliphatic carbocycles. The number of aromatic nitrogens is 1. The molecule has 0 radical (unpaired) electrons. The lowest BCUT2D eigenvalue weighted by molar-refractivity contribution is 0.158. The van der Waals surface area contributed by atoms with E-state index in [2.05, 4.69) is 62.8 Å². The summed E-state index contributed by atoms with van der Waals surface area (Å²) < 4.78 is 0. The number of benzene rings is 1. The molecule has 1 unspecified atom stereocenters. The van der Waals surface area contributed by atoms with Gasteiger partial charge in [0.15, 0.2) is 5.96 Å². The molecule has 7 heteroatoms. The minimum atomic E-state index is 0. The fourth-order valence-electron chi connectivity index (χ4n) is 3.75. The third-order valence-electron chi connectivity index (χ3n) is 5.61. The number of piperidine rings is 1. The fourth-order valence-corrected chi connectivity index (χ4v) is 3.75. The van der Waals surface area contributed by atoms with Crippen molar-refractivity contribution in [3.8, 4) is 0 Å². The van der Waals surface area contributed by atoms with Crippen molar-refractivity contribution in [2.75, 3.05) is 39.1 Å². The van der Waals surface area contributed by atoms with E-state index in [1.165, 1.54) is 5.56 Å². The first-order valence-corrected chi connectivity index (χ1v) is 10.5. The van der Waals surface area contributed by atoms with E-state index < -0.39 is 0 Å². The molecule has 1 fully saturated rings. The van der Waals surface area contributed by atoms with E-state index in [1.807, 2.05) is 44.2 Å². The highest BCUT2D eigenvalue weighted by atomic mass is 127. The summed E-state index contributed by atoms with van der Waals surface area (Å²) in [6.07, 6.45) is 2.23. The van der Waals surface area contributed by atoms with E-state index in [1.54, 1.807) is 0 Å². The summed E-state index contributed by atoms with van der Waals surface area (Å²) in [4.78, 5) is 13.6. The number of pyridine rings is 1. The maximum Gasteiger partial charge on any atom is 0.191 e. The van der Waals surface area contributed by atoms with Gasteiger partial charge >= 0.3 is 0 Å². The molecule has 1 aromatic heterocycles. The molecule has 0 amide bonds. The van der Waals surface area contributed by atoms with Crippen LogP contribution in [-0.2, 0) is 6.54 Å². The van der Waals surface area contributed by atoms with Crippen LogP contribution in [0.15, 0.2) is 53.5 Å². The van der Waals surface area contributed by atoms with E-state index in [0.29, 0.717) is 18.6 Å². The minimum absolute atomic E-state index is 0. The Hall–Kier alpha value is -1.87. The molecule has 0 saturated carbocycles. The first-order valence-electron chi connectivity index (χ1n) is 10.5. The van der Waals surface area contributed by atoms with Crippen LogP contribution in [0, 0.1) is 0 Å². The summed E-state index contributed by atoms with van der Waals surface area (Å²) >= 11 is 0. The Kier molecular flexibility index (Phi) is 9.84. The molecule has 164 valence electrons. The van der Waals surface area contributed by atoms with Gasteiger partial charge in [0.05, 0.1) is 12.2 Å². The first-order chi connectivity index (χ1) is 14.1. The second-order valence-corrected chi connectivity index (χ2v) is 7.85. The lowest BCUT2D eigenvalue weighted by Crippen LogP contribution is -2.48. The van der Waals surface area contributed by atoms with E-state index in [4.69, 9.17) is 0 Å². The van der Waals surface area contributed by atoms with Crippen molar-refractivity contribution < 1.29 is 0 Å². The predicted molar refractivity (Wildman–Crippen MR) is 137 cm³/mol. The molecule has 2 heterocycles. The van der Waals surface area contributed by atoms with Crippen molar-refractivity contribution in [3.05, 3.63) is 59.8 Å². The van der Waals surface area contributed by atoms with Crippen molar-refractivity contribution in [2.24, 2.45) is 4.99 Å². The zero-order chi connectivity index (χ0) is 20.6. The lowest BCUT2D eigenvalue weighted by atomic mass is 10.0. The van der Waals surface area contributed by atoms with Crippen molar-refractivity contribution in [2.45, 2.75) is 38.4 Å². The summed E-state index contributed by atoms with van der Waals surface area (Å²) in [7, 11) is 5.84. The molecule has 1 saturated heterocycles. The van der Waals surface area contributed by atoms with Crippen LogP contribution < -0.4 is 15.5 Å². The smallest absolute Gasteiger partial charge is 0.191 e. The molecule has 3 rings (SSSR count). The van der Waals surface area contributed by atoms with Crippen LogP contribution >= 0.6 is 24.0 Å². The van der Waals surface area contributed by atoms with Gasteiger partial charge in [-0.05, 0) is 37.5 Å². The highest BCUT2D eigenvalue weighted by molar-refractivity contribution is 14.0. The maximum absolute atomic E-state index is 4.66. The van der Waals surface area contributed by atoms with E-state index >= 15 is 0 Å². The Morgan fingerprint density at radius 2 is 1.83 bits per heavy atom. The molecule has 1 aromatic carbocycles. The standard InChI is InChI=1S/C23H34N6.HI/c1-18(19-9-6-5-7-10-19)29-15-13-20(14-16-29)27-23(24-2)25-17-21-11-8-12-22(26-21)28(3)4;/h5-12,18,20H,13-17H2,1-4H3,(H2,24,25,27);1H. The first kappa shape index (κ1) is 24.4. The molecule has 1 aliphatic heterocycles. The SMILES string of the molecule is CN=C(NCc1cccc(N(C)C)n1)NC1CCN(C(C)c2ccccc2)CC1.I. The number of likely N-dealkylation sites (tertiary alicyclic amines) is 1. The van der Waals surface area contributed by atoms with Gasteiger partial charge in [0.25, 0.3) is 0 Å². The van der Waals surface area contributed by atoms with Crippen LogP contribution in [0.1, 0.15) is 37.1 Å². The fraction of sp³-hybridized carbons (Fsp3) is 0.478. The van der Waals surface area contributed by atoms with Gasteiger partial charge in [-0.2, -0.15) is 0 Å². The van der Waals surface area contributed by atoms with Crippen molar-refractivity contribution in [3.63, 3.8) is 0 Å². The molecule has 6 nitrogen and oxygen atoms in total. The van der Waals surface area contributed by atoms with Crippen LogP contribution in [0.2, 0.25) is 0 Å². The number of hydrogen-bond acceptors (Lipinski definition) is 4. The predicted octanol–water partition coefficient (Wildman–Crippen LogP) is 3.66. The van der Waals surface area contributed by atoms with Gasteiger partial charge < -0.3 is 15.5 Å². The van der Waals surface area contributed by atoms with Crippen molar-refractivity contribution >= 4 is 35.8 Å². The average Bonchev–Trinajstić information content (AvgIpc) is 2.77. The third-order valence-corrected chi connectivity index (χ3v) is 5.61. The molecule has 2 N–H and O–H groups in total. The maximum atomic E-state index is 4.66. The van der Waals surface area contributed by atoms with Crippen LogP contribution in [0.25, 0.3) is 0 Å². The number of guanidine groups is 1.